The molecule has 1 amide bonds. The molecule has 1 aromatic heterocycles. The zero-order valence-electron chi connectivity index (χ0n) is 13.5. The summed E-state index contributed by atoms with van der Waals surface area (Å²) < 4.78 is 39.0. The van der Waals surface area contributed by atoms with Crippen LogP contribution in [0.3, 0.4) is 0 Å². The van der Waals surface area contributed by atoms with Gasteiger partial charge in [-0.25, -0.2) is 0 Å². The first kappa shape index (κ1) is 18.8. The largest absolute Gasteiger partial charge is 0.417 e. The molecule has 133 valence electrons. The molecule has 0 aliphatic carbocycles. The Morgan fingerprint density at radius 3 is 2.64 bits per heavy atom. The van der Waals surface area contributed by atoms with E-state index in [9.17, 15) is 18.0 Å². The van der Waals surface area contributed by atoms with Gasteiger partial charge in [0.15, 0.2) is 0 Å². The summed E-state index contributed by atoms with van der Waals surface area (Å²) in [5.74, 6) is -1.07. The predicted octanol–water partition coefficient (Wildman–Crippen LogP) is 4.03. The lowest BCUT2D eigenvalue weighted by molar-refractivity contribution is -0.137. The average Bonchev–Trinajstić information content (AvgIpc) is 2.57. The van der Waals surface area contributed by atoms with Crippen LogP contribution in [-0.4, -0.2) is 17.4 Å². The highest BCUT2D eigenvalue weighted by atomic mass is 19.4. The molecule has 0 spiro atoms. The molecule has 1 aromatic carbocycles. The van der Waals surface area contributed by atoms with E-state index in [4.69, 9.17) is 5.73 Å². The van der Waals surface area contributed by atoms with E-state index in [1.807, 2.05) is 12.1 Å². The minimum Gasteiger partial charge on any atom is -0.384 e. The number of nitrogens with zero attached hydrogens (tertiary/aromatic N) is 1. The number of nitrogens with one attached hydrogen (secondary N) is 1. The standard InChI is InChI=1S/C18H19F3N3O/c19-18(20,21)15-9-4-7-13(16(15)17(22)25)6-2-1-3-11-24-14-8-5-10-23-12-14/h4-10,12,24H,1-3,11H2,(H2,22,25). The molecular weight excluding hydrogens is 331 g/mol. The lowest BCUT2D eigenvalue weighted by Crippen LogP contribution is -2.20. The highest BCUT2D eigenvalue weighted by Crippen LogP contribution is 2.34. The number of nitrogens with two attached hydrogens (primary N) is 1. The molecule has 7 heteroatoms. The number of pyridine rings is 1. The van der Waals surface area contributed by atoms with Crippen LogP contribution in [0.4, 0.5) is 18.9 Å². The van der Waals surface area contributed by atoms with Crippen molar-refractivity contribution < 1.29 is 18.0 Å². The van der Waals surface area contributed by atoms with Crippen molar-refractivity contribution in [2.24, 2.45) is 5.73 Å². The van der Waals surface area contributed by atoms with Crippen molar-refractivity contribution >= 4 is 11.6 Å². The average molecular weight is 350 g/mol. The van der Waals surface area contributed by atoms with Crippen molar-refractivity contribution in [3.8, 4) is 0 Å². The number of hydrogen-bond acceptors (Lipinski definition) is 3. The van der Waals surface area contributed by atoms with Crippen LogP contribution in [0.2, 0.25) is 0 Å². The third-order valence-corrected chi connectivity index (χ3v) is 3.63. The van der Waals surface area contributed by atoms with E-state index in [0.29, 0.717) is 6.42 Å². The number of unbranched alkanes of at least 4 members (excludes halogenated alkanes) is 2. The summed E-state index contributed by atoms with van der Waals surface area (Å²) in [5, 5.41) is 3.20. The van der Waals surface area contributed by atoms with Gasteiger partial charge < -0.3 is 11.1 Å². The number of hydrogen-bond donors (Lipinski definition) is 2. The predicted molar refractivity (Wildman–Crippen MR) is 89.9 cm³/mol. The van der Waals surface area contributed by atoms with E-state index in [0.717, 1.165) is 31.1 Å². The number of primary amides is 1. The van der Waals surface area contributed by atoms with E-state index in [1.165, 1.54) is 12.1 Å². The Morgan fingerprint density at radius 2 is 2.00 bits per heavy atom. The molecule has 0 saturated carbocycles. The fraction of sp³-hybridized carbons (Fsp3) is 0.278. The molecule has 1 heterocycles. The van der Waals surface area contributed by atoms with Crippen molar-refractivity contribution in [1.82, 2.24) is 4.98 Å². The van der Waals surface area contributed by atoms with Gasteiger partial charge in [-0.15, -0.1) is 0 Å². The molecule has 0 saturated heterocycles. The molecule has 0 aliphatic heterocycles. The minimum absolute atomic E-state index is 0.225. The highest BCUT2D eigenvalue weighted by Gasteiger charge is 2.35. The molecule has 0 unspecified atom stereocenters. The van der Waals surface area contributed by atoms with Crippen LogP contribution in [-0.2, 0) is 6.18 Å². The second kappa shape index (κ2) is 8.50. The van der Waals surface area contributed by atoms with Gasteiger partial charge in [0.25, 0.3) is 0 Å². The molecular formula is C18H19F3N3O. The number of rotatable bonds is 8. The van der Waals surface area contributed by atoms with E-state index >= 15 is 0 Å². The van der Waals surface area contributed by atoms with Gasteiger partial charge in [-0.1, -0.05) is 18.6 Å². The van der Waals surface area contributed by atoms with E-state index < -0.39 is 23.2 Å². The summed E-state index contributed by atoms with van der Waals surface area (Å²) in [5.41, 5.74) is 4.83. The summed E-state index contributed by atoms with van der Waals surface area (Å²) in [6.07, 6.45) is 2.56. The SMILES string of the molecule is NC(=O)c1c([CH]CCCCNc2cccnc2)cccc1C(F)(F)F. The molecule has 3 N–H and O–H groups in total. The normalized spacial score (nSPS) is 11.3. The molecule has 4 nitrogen and oxygen atoms in total. The zero-order chi connectivity index (χ0) is 18.3. The molecule has 2 rings (SSSR count). The van der Waals surface area contributed by atoms with Crippen molar-refractivity contribution in [3.63, 3.8) is 0 Å². The first-order valence-electron chi connectivity index (χ1n) is 7.86. The lowest BCUT2D eigenvalue weighted by atomic mass is 9.96. The number of benzene rings is 1. The van der Waals surface area contributed by atoms with Crippen molar-refractivity contribution in [1.29, 1.82) is 0 Å². The monoisotopic (exact) mass is 350 g/mol. The maximum Gasteiger partial charge on any atom is 0.417 e. The van der Waals surface area contributed by atoms with Crippen LogP contribution >= 0.6 is 0 Å². The minimum atomic E-state index is -4.61. The zero-order valence-corrected chi connectivity index (χ0v) is 13.5. The third-order valence-electron chi connectivity index (χ3n) is 3.63. The van der Waals surface area contributed by atoms with Gasteiger partial charge in [-0.2, -0.15) is 13.2 Å². The van der Waals surface area contributed by atoms with Gasteiger partial charge in [0.2, 0.25) is 5.91 Å². The van der Waals surface area contributed by atoms with Gasteiger partial charge in [-0.3, -0.25) is 9.78 Å². The second-order valence-electron chi connectivity index (χ2n) is 5.50. The quantitative estimate of drug-likeness (QED) is 0.706. The van der Waals surface area contributed by atoms with Crippen molar-refractivity contribution in [3.05, 3.63) is 65.8 Å². The number of halogens is 3. The Bertz CT molecular complexity index is 702. The Balaban J connectivity index is 1.87. The van der Waals surface area contributed by atoms with Gasteiger partial charge in [0.1, 0.15) is 0 Å². The van der Waals surface area contributed by atoms with Crippen LogP contribution in [0.25, 0.3) is 0 Å². The number of carbonyl (C=O) groups is 1. The van der Waals surface area contributed by atoms with E-state index in [2.05, 4.69) is 10.3 Å². The summed E-state index contributed by atoms with van der Waals surface area (Å²) in [6, 6.07) is 7.36. The van der Waals surface area contributed by atoms with Crippen LogP contribution < -0.4 is 11.1 Å². The van der Waals surface area contributed by atoms with Crippen molar-refractivity contribution in [2.75, 3.05) is 11.9 Å². The van der Waals surface area contributed by atoms with Gasteiger partial charge in [0, 0.05) is 18.9 Å². The highest BCUT2D eigenvalue weighted by molar-refractivity contribution is 5.96. The smallest absolute Gasteiger partial charge is 0.384 e. The first-order valence-corrected chi connectivity index (χ1v) is 7.86. The fourth-order valence-corrected chi connectivity index (χ4v) is 2.48. The van der Waals surface area contributed by atoms with Crippen LogP contribution in [0.5, 0.6) is 0 Å². The molecule has 0 atom stereocenters. The number of aromatic nitrogens is 1. The van der Waals surface area contributed by atoms with Gasteiger partial charge in [-0.05, 0) is 43.0 Å². The Kier molecular flexibility index (Phi) is 6.38. The molecule has 0 aliphatic rings. The Labute approximate surface area is 144 Å². The van der Waals surface area contributed by atoms with E-state index in [-0.39, 0.29) is 5.56 Å². The Hall–Kier alpha value is -2.57. The summed E-state index contributed by atoms with van der Waals surface area (Å²) in [7, 11) is 0. The molecule has 25 heavy (non-hydrogen) atoms. The number of amides is 1. The molecule has 2 aromatic rings. The molecule has 1 radical (unpaired) electrons. The maximum atomic E-state index is 13.0. The third kappa shape index (κ3) is 5.48. The van der Waals surface area contributed by atoms with Crippen LogP contribution in [0, 0.1) is 6.42 Å². The Morgan fingerprint density at radius 1 is 1.20 bits per heavy atom. The van der Waals surface area contributed by atoms with E-state index in [1.54, 1.807) is 18.8 Å². The van der Waals surface area contributed by atoms with Gasteiger partial charge >= 0.3 is 6.18 Å². The number of anilines is 1. The summed E-state index contributed by atoms with van der Waals surface area (Å²) in [6.45, 7) is 0.727. The van der Waals surface area contributed by atoms with Crippen LogP contribution in [0.1, 0.15) is 40.7 Å². The second-order valence-corrected chi connectivity index (χ2v) is 5.50. The fourth-order valence-electron chi connectivity index (χ4n) is 2.48. The number of alkyl halides is 3. The first-order chi connectivity index (χ1) is 11.9. The van der Waals surface area contributed by atoms with Crippen molar-refractivity contribution in [2.45, 2.75) is 25.4 Å². The maximum absolute atomic E-state index is 13.0. The number of carbonyl (C=O) groups excluding carboxylic acids is 1. The molecule has 0 fully saturated rings. The van der Waals surface area contributed by atoms with Gasteiger partial charge in [0.05, 0.1) is 16.8 Å². The van der Waals surface area contributed by atoms with Crippen LogP contribution in [0.15, 0.2) is 42.7 Å². The summed E-state index contributed by atoms with van der Waals surface area (Å²) in [4.78, 5) is 15.5. The summed E-state index contributed by atoms with van der Waals surface area (Å²) >= 11 is 0. The lowest BCUT2D eigenvalue weighted by Gasteiger charge is -2.14. The topological polar surface area (TPSA) is 68.0 Å². The molecule has 0 bridgehead atoms.